The van der Waals surface area contributed by atoms with E-state index in [9.17, 15) is 0 Å². The van der Waals surface area contributed by atoms with Gasteiger partial charge in [0.25, 0.3) is 0 Å². The molecule has 2 unspecified atom stereocenters. The Morgan fingerprint density at radius 3 is 3.00 bits per heavy atom. The quantitative estimate of drug-likeness (QED) is 0.923. The molecule has 2 heterocycles. The number of nitrogens with one attached hydrogen (secondary N) is 1. The zero-order valence-electron chi connectivity index (χ0n) is 12.1. The monoisotopic (exact) mass is 289 g/mol. The van der Waals surface area contributed by atoms with Crippen molar-refractivity contribution in [1.29, 1.82) is 0 Å². The van der Waals surface area contributed by atoms with E-state index in [4.69, 9.17) is 4.99 Å². The first-order valence-electron chi connectivity index (χ1n) is 7.59. The van der Waals surface area contributed by atoms with Crippen LogP contribution in [0.3, 0.4) is 0 Å². The Morgan fingerprint density at radius 1 is 1.35 bits per heavy atom. The fraction of sp³-hybridized carbons (Fsp3) is 0.562. The average Bonchev–Trinajstić information content (AvgIpc) is 3.15. The highest BCUT2D eigenvalue weighted by atomic mass is 32.2. The van der Waals surface area contributed by atoms with Crippen molar-refractivity contribution in [3.63, 3.8) is 0 Å². The van der Waals surface area contributed by atoms with Crippen LogP contribution in [0.1, 0.15) is 31.4 Å². The maximum atomic E-state index is 4.81. The van der Waals surface area contributed by atoms with Gasteiger partial charge in [-0.1, -0.05) is 49.0 Å². The van der Waals surface area contributed by atoms with Crippen LogP contribution < -0.4 is 5.32 Å². The second kappa shape index (κ2) is 6.64. The fourth-order valence-corrected chi connectivity index (χ4v) is 4.05. The van der Waals surface area contributed by atoms with Crippen LogP contribution in [0.5, 0.6) is 0 Å². The van der Waals surface area contributed by atoms with Gasteiger partial charge in [-0.3, -0.25) is 9.89 Å². The Morgan fingerprint density at radius 2 is 2.20 bits per heavy atom. The number of nitrogens with zero attached hydrogens (tertiary/aromatic N) is 2. The van der Waals surface area contributed by atoms with Gasteiger partial charge < -0.3 is 5.32 Å². The lowest BCUT2D eigenvalue weighted by Crippen LogP contribution is -2.32. The molecule has 20 heavy (non-hydrogen) atoms. The van der Waals surface area contributed by atoms with Crippen molar-refractivity contribution in [2.45, 2.75) is 31.8 Å². The molecule has 1 aromatic carbocycles. The van der Waals surface area contributed by atoms with E-state index in [2.05, 4.69) is 47.5 Å². The van der Waals surface area contributed by atoms with E-state index < -0.39 is 0 Å². The summed E-state index contributed by atoms with van der Waals surface area (Å²) in [6.45, 7) is 5.60. The number of aliphatic imine (C=N–C) groups is 1. The summed E-state index contributed by atoms with van der Waals surface area (Å²) in [5.41, 5.74) is 1.36. The van der Waals surface area contributed by atoms with Gasteiger partial charge in [0.05, 0.1) is 12.6 Å². The van der Waals surface area contributed by atoms with Gasteiger partial charge in [0.1, 0.15) is 0 Å². The van der Waals surface area contributed by atoms with Gasteiger partial charge in [0.2, 0.25) is 0 Å². The molecule has 2 saturated heterocycles. The van der Waals surface area contributed by atoms with Crippen molar-refractivity contribution < 1.29 is 0 Å². The van der Waals surface area contributed by atoms with Crippen molar-refractivity contribution in [2.75, 3.05) is 25.4 Å². The number of likely N-dealkylation sites (N-methyl/N-ethyl adjacent to an activating group) is 1. The first-order chi connectivity index (χ1) is 9.86. The maximum absolute atomic E-state index is 4.81. The summed E-state index contributed by atoms with van der Waals surface area (Å²) in [6.07, 6.45) is 2.63. The van der Waals surface area contributed by atoms with E-state index in [0.29, 0.717) is 12.1 Å². The van der Waals surface area contributed by atoms with Gasteiger partial charge in [-0.2, -0.15) is 0 Å². The highest BCUT2D eigenvalue weighted by molar-refractivity contribution is 8.14. The molecule has 1 aromatic rings. The third kappa shape index (κ3) is 3.18. The average molecular weight is 289 g/mol. The molecule has 0 aliphatic carbocycles. The third-order valence-corrected chi connectivity index (χ3v) is 5.26. The fourth-order valence-electron chi connectivity index (χ4n) is 3.06. The van der Waals surface area contributed by atoms with Crippen LogP contribution in [0.25, 0.3) is 0 Å². The van der Waals surface area contributed by atoms with E-state index in [1.165, 1.54) is 24.9 Å². The molecular weight excluding hydrogens is 266 g/mol. The van der Waals surface area contributed by atoms with E-state index in [-0.39, 0.29) is 0 Å². The molecule has 2 fully saturated rings. The molecule has 0 saturated carbocycles. The molecular formula is C16H23N3S. The molecule has 1 N–H and O–H groups in total. The zero-order chi connectivity index (χ0) is 13.8. The molecule has 4 heteroatoms. The largest absolute Gasteiger partial charge is 0.357 e. The van der Waals surface area contributed by atoms with Gasteiger partial charge in [-0.15, -0.1) is 0 Å². The Balaban J connectivity index is 1.56. The highest BCUT2D eigenvalue weighted by Gasteiger charge is 2.25. The van der Waals surface area contributed by atoms with Crippen LogP contribution in [0.2, 0.25) is 0 Å². The van der Waals surface area contributed by atoms with Crippen LogP contribution in [0.4, 0.5) is 0 Å². The van der Waals surface area contributed by atoms with Crippen LogP contribution >= 0.6 is 11.8 Å². The molecule has 108 valence electrons. The van der Waals surface area contributed by atoms with E-state index in [1.807, 2.05) is 11.8 Å². The van der Waals surface area contributed by atoms with Gasteiger partial charge >= 0.3 is 0 Å². The molecule has 3 rings (SSSR count). The second-order valence-electron chi connectivity index (χ2n) is 5.49. The lowest BCUT2D eigenvalue weighted by Gasteiger charge is -2.20. The predicted molar refractivity (Wildman–Crippen MR) is 87.3 cm³/mol. The molecule has 0 amide bonds. The predicted octanol–water partition coefficient (Wildman–Crippen LogP) is 2.90. The molecule has 0 spiro atoms. The molecule has 2 atom stereocenters. The van der Waals surface area contributed by atoms with E-state index >= 15 is 0 Å². The molecule has 3 nitrogen and oxygen atoms in total. The minimum absolute atomic E-state index is 0.422. The number of benzene rings is 1. The maximum Gasteiger partial charge on any atom is 0.157 e. The first kappa shape index (κ1) is 14.0. The van der Waals surface area contributed by atoms with Crippen LogP contribution in [0, 0.1) is 0 Å². The zero-order valence-corrected chi connectivity index (χ0v) is 12.9. The first-order valence-corrected chi connectivity index (χ1v) is 8.58. The van der Waals surface area contributed by atoms with E-state index in [1.54, 1.807) is 0 Å². The van der Waals surface area contributed by atoms with Crippen molar-refractivity contribution in [3.8, 4) is 0 Å². The van der Waals surface area contributed by atoms with Gasteiger partial charge in [0.15, 0.2) is 5.17 Å². The van der Waals surface area contributed by atoms with Crippen LogP contribution in [-0.2, 0) is 0 Å². The number of amidine groups is 1. The summed E-state index contributed by atoms with van der Waals surface area (Å²) >= 11 is 1.86. The van der Waals surface area contributed by atoms with E-state index in [0.717, 1.165) is 24.0 Å². The summed E-state index contributed by atoms with van der Waals surface area (Å²) in [7, 11) is 0. The van der Waals surface area contributed by atoms with Crippen molar-refractivity contribution in [2.24, 2.45) is 4.99 Å². The Kier molecular flexibility index (Phi) is 4.63. The standard InChI is InChI=1S/C16H23N3S/c1-2-19-10-6-9-14(19)11-17-16-18-15(12-20-16)13-7-4-3-5-8-13/h3-5,7-8,14-15H,2,6,9-12H2,1H3,(H,17,18). The van der Waals surface area contributed by atoms with Gasteiger partial charge in [0, 0.05) is 11.8 Å². The lowest BCUT2D eigenvalue weighted by atomic mass is 10.1. The summed E-state index contributed by atoms with van der Waals surface area (Å²) in [5, 5.41) is 4.69. The minimum atomic E-state index is 0.422. The minimum Gasteiger partial charge on any atom is -0.357 e. The number of likely N-dealkylation sites (tertiary alicyclic amines) is 1. The number of hydrogen-bond donors (Lipinski definition) is 1. The number of hydrogen-bond acceptors (Lipinski definition) is 3. The number of rotatable bonds is 4. The van der Waals surface area contributed by atoms with Crippen molar-refractivity contribution in [1.82, 2.24) is 10.2 Å². The smallest absolute Gasteiger partial charge is 0.157 e. The molecule has 0 bridgehead atoms. The highest BCUT2D eigenvalue weighted by Crippen LogP contribution is 2.26. The molecule has 2 aliphatic heterocycles. The Bertz CT molecular complexity index is 460. The third-order valence-electron chi connectivity index (χ3n) is 4.24. The molecule has 0 aromatic heterocycles. The SMILES string of the molecule is CCN1CCCC1CN=C1NC(c2ccccc2)CS1. The summed E-state index contributed by atoms with van der Waals surface area (Å²) < 4.78 is 0. The Hall–Kier alpha value is -1.00. The van der Waals surface area contributed by atoms with Crippen molar-refractivity contribution in [3.05, 3.63) is 35.9 Å². The topological polar surface area (TPSA) is 27.6 Å². The summed E-state index contributed by atoms with van der Waals surface area (Å²) in [6, 6.07) is 11.7. The number of thioether (sulfide) groups is 1. The van der Waals surface area contributed by atoms with Gasteiger partial charge in [-0.05, 0) is 31.5 Å². The summed E-state index contributed by atoms with van der Waals surface area (Å²) in [4.78, 5) is 7.36. The normalized spacial score (nSPS) is 28.9. The molecule has 2 aliphatic rings. The Labute approximate surface area is 125 Å². The summed E-state index contributed by atoms with van der Waals surface area (Å²) in [5.74, 6) is 1.09. The van der Waals surface area contributed by atoms with Crippen molar-refractivity contribution >= 4 is 16.9 Å². The van der Waals surface area contributed by atoms with Crippen LogP contribution in [0.15, 0.2) is 35.3 Å². The second-order valence-corrected chi connectivity index (χ2v) is 6.50. The van der Waals surface area contributed by atoms with Gasteiger partial charge in [-0.25, -0.2) is 0 Å². The molecule has 0 radical (unpaired) electrons. The lowest BCUT2D eigenvalue weighted by molar-refractivity contribution is 0.273. The van der Waals surface area contributed by atoms with Crippen LogP contribution in [-0.4, -0.2) is 41.5 Å².